The van der Waals surface area contributed by atoms with Gasteiger partial charge in [0, 0.05) is 39.9 Å². The maximum atomic E-state index is 11.2. The van der Waals surface area contributed by atoms with Crippen molar-refractivity contribution in [2.24, 2.45) is 5.92 Å². The summed E-state index contributed by atoms with van der Waals surface area (Å²) in [6.07, 6.45) is 5.32. The first-order valence-electron chi connectivity index (χ1n) is 6.88. The van der Waals surface area contributed by atoms with E-state index in [-0.39, 0.29) is 0 Å². The predicted octanol–water partition coefficient (Wildman–Crippen LogP) is 3.54. The molecule has 1 aliphatic rings. The molecule has 0 aromatic heterocycles. The van der Waals surface area contributed by atoms with Gasteiger partial charge in [-0.25, -0.2) is 0 Å². The highest BCUT2D eigenvalue weighted by atomic mass is 35.5. The Kier molecular flexibility index (Phi) is 5.43. The van der Waals surface area contributed by atoms with E-state index in [9.17, 15) is 4.21 Å². The molecule has 0 amide bonds. The maximum absolute atomic E-state index is 11.2. The number of halogens is 1. The van der Waals surface area contributed by atoms with Crippen molar-refractivity contribution < 1.29 is 4.21 Å². The van der Waals surface area contributed by atoms with E-state index in [1.807, 2.05) is 12.1 Å². The van der Waals surface area contributed by atoms with E-state index >= 15 is 0 Å². The van der Waals surface area contributed by atoms with Crippen LogP contribution in [0.15, 0.2) is 24.3 Å². The second kappa shape index (κ2) is 6.87. The van der Waals surface area contributed by atoms with Gasteiger partial charge < -0.3 is 5.32 Å². The molecule has 4 heteroatoms. The zero-order chi connectivity index (χ0) is 13.8. The lowest BCUT2D eigenvalue weighted by atomic mass is 10.0. The molecule has 1 aliphatic carbocycles. The zero-order valence-electron chi connectivity index (χ0n) is 11.6. The van der Waals surface area contributed by atoms with Gasteiger partial charge in [0.15, 0.2) is 0 Å². The third-order valence-corrected chi connectivity index (χ3v) is 4.69. The molecule has 3 atom stereocenters. The first kappa shape index (κ1) is 15.0. The van der Waals surface area contributed by atoms with E-state index in [1.165, 1.54) is 18.4 Å². The lowest BCUT2D eigenvalue weighted by Gasteiger charge is -2.23. The van der Waals surface area contributed by atoms with Crippen molar-refractivity contribution in [1.82, 2.24) is 5.32 Å². The Bertz CT molecular complexity index is 430. The summed E-state index contributed by atoms with van der Waals surface area (Å²) in [7, 11) is -0.701. The summed E-state index contributed by atoms with van der Waals surface area (Å²) < 4.78 is 11.2. The zero-order valence-corrected chi connectivity index (χ0v) is 13.1. The minimum atomic E-state index is -0.701. The molecule has 0 heterocycles. The van der Waals surface area contributed by atoms with E-state index in [4.69, 9.17) is 11.6 Å². The maximum Gasteiger partial charge on any atom is 0.0406 e. The minimum absolute atomic E-state index is 0.394. The second-order valence-corrected chi connectivity index (χ2v) is 7.49. The number of hydrogen-bond donors (Lipinski definition) is 1. The quantitative estimate of drug-likeness (QED) is 0.834. The second-order valence-electron chi connectivity index (χ2n) is 5.50. The SMILES string of the molecule is CC(CCS(C)=O)NC(c1ccc(Cl)cc1)C1CC1. The topological polar surface area (TPSA) is 29.1 Å². The summed E-state index contributed by atoms with van der Waals surface area (Å²) in [6, 6.07) is 8.95. The Hall–Kier alpha value is -0.380. The Labute approximate surface area is 123 Å². The number of hydrogen-bond acceptors (Lipinski definition) is 2. The van der Waals surface area contributed by atoms with Crippen molar-refractivity contribution in [1.29, 1.82) is 0 Å². The van der Waals surface area contributed by atoms with Gasteiger partial charge in [0.05, 0.1) is 0 Å². The van der Waals surface area contributed by atoms with Crippen LogP contribution in [0.1, 0.15) is 37.8 Å². The fraction of sp³-hybridized carbons (Fsp3) is 0.600. The summed E-state index contributed by atoms with van der Waals surface area (Å²) in [4.78, 5) is 0. The van der Waals surface area contributed by atoms with Crippen molar-refractivity contribution >= 4 is 22.4 Å². The molecule has 0 spiro atoms. The summed E-state index contributed by atoms with van der Waals surface area (Å²) in [5.74, 6) is 1.52. The molecule has 1 N–H and O–H groups in total. The number of benzene rings is 1. The molecule has 106 valence electrons. The van der Waals surface area contributed by atoms with Gasteiger partial charge in [-0.05, 0) is 49.8 Å². The average molecular weight is 300 g/mol. The fourth-order valence-corrected chi connectivity index (χ4v) is 3.15. The molecule has 0 radical (unpaired) electrons. The Balaban J connectivity index is 1.96. The lowest BCUT2D eigenvalue weighted by molar-refractivity contribution is 0.413. The van der Waals surface area contributed by atoms with Gasteiger partial charge in [-0.15, -0.1) is 0 Å². The van der Waals surface area contributed by atoms with E-state index in [2.05, 4.69) is 24.4 Å². The van der Waals surface area contributed by atoms with Crippen molar-refractivity contribution in [3.05, 3.63) is 34.9 Å². The van der Waals surface area contributed by atoms with Gasteiger partial charge in [-0.1, -0.05) is 23.7 Å². The fourth-order valence-electron chi connectivity index (χ4n) is 2.34. The Morgan fingerprint density at radius 1 is 1.37 bits per heavy atom. The molecule has 1 fully saturated rings. The van der Waals surface area contributed by atoms with Crippen molar-refractivity contribution in [2.45, 2.75) is 38.3 Å². The largest absolute Gasteiger partial charge is 0.307 e. The Morgan fingerprint density at radius 2 is 2.00 bits per heavy atom. The third-order valence-electron chi connectivity index (χ3n) is 3.62. The summed E-state index contributed by atoms with van der Waals surface area (Å²) in [6.45, 7) is 2.18. The monoisotopic (exact) mass is 299 g/mol. The van der Waals surface area contributed by atoms with Gasteiger partial charge >= 0.3 is 0 Å². The molecule has 0 bridgehead atoms. The van der Waals surface area contributed by atoms with Gasteiger partial charge in [0.2, 0.25) is 0 Å². The van der Waals surface area contributed by atoms with Crippen molar-refractivity contribution in [3.8, 4) is 0 Å². The number of rotatable bonds is 7. The third kappa shape index (κ3) is 4.90. The van der Waals surface area contributed by atoms with Crippen molar-refractivity contribution in [3.63, 3.8) is 0 Å². The Morgan fingerprint density at radius 3 is 2.53 bits per heavy atom. The van der Waals surface area contributed by atoms with Crippen molar-refractivity contribution in [2.75, 3.05) is 12.0 Å². The molecule has 1 aromatic rings. The molecule has 19 heavy (non-hydrogen) atoms. The van der Waals surface area contributed by atoms with Gasteiger partial charge in [-0.3, -0.25) is 4.21 Å². The summed E-state index contributed by atoms with van der Waals surface area (Å²) in [5.41, 5.74) is 1.32. The van der Waals surface area contributed by atoms with Crippen LogP contribution in [-0.2, 0) is 10.8 Å². The molecular formula is C15H22ClNOS. The van der Waals surface area contributed by atoms with Crippen LogP contribution in [0.3, 0.4) is 0 Å². The van der Waals surface area contributed by atoms with Gasteiger partial charge in [-0.2, -0.15) is 0 Å². The summed E-state index contributed by atoms with van der Waals surface area (Å²) >= 11 is 5.95. The minimum Gasteiger partial charge on any atom is -0.307 e. The highest BCUT2D eigenvalue weighted by Crippen LogP contribution is 2.41. The average Bonchev–Trinajstić information content (AvgIpc) is 3.19. The van der Waals surface area contributed by atoms with Gasteiger partial charge in [0.25, 0.3) is 0 Å². The molecule has 1 saturated carbocycles. The molecule has 2 rings (SSSR count). The first-order chi connectivity index (χ1) is 9.06. The van der Waals surface area contributed by atoms with Crippen LogP contribution in [0.5, 0.6) is 0 Å². The highest BCUT2D eigenvalue weighted by molar-refractivity contribution is 7.84. The first-order valence-corrected chi connectivity index (χ1v) is 8.98. The van der Waals surface area contributed by atoms with Gasteiger partial charge in [0.1, 0.15) is 0 Å². The molecular weight excluding hydrogens is 278 g/mol. The van der Waals surface area contributed by atoms with E-state index < -0.39 is 10.8 Å². The lowest BCUT2D eigenvalue weighted by Crippen LogP contribution is -2.32. The molecule has 0 aliphatic heterocycles. The van der Waals surface area contributed by atoms with Crippen LogP contribution in [-0.4, -0.2) is 22.3 Å². The molecule has 1 aromatic carbocycles. The molecule has 3 unspecified atom stereocenters. The van der Waals surface area contributed by atoms with E-state index in [0.717, 1.165) is 23.1 Å². The highest BCUT2D eigenvalue weighted by Gasteiger charge is 2.32. The van der Waals surface area contributed by atoms with Crippen LogP contribution < -0.4 is 5.32 Å². The van der Waals surface area contributed by atoms with Crippen LogP contribution in [0.4, 0.5) is 0 Å². The standard InChI is InChI=1S/C15H22ClNOS/c1-11(9-10-19(2)18)17-15(12-3-4-12)13-5-7-14(16)8-6-13/h5-8,11-12,15,17H,3-4,9-10H2,1-2H3. The number of nitrogens with one attached hydrogen (secondary N) is 1. The predicted molar refractivity (Wildman–Crippen MR) is 83.1 cm³/mol. The normalized spacial score (nSPS) is 19.9. The van der Waals surface area contributed by atoms with Crippen LogP contribution >= 0.6 is 11.6 Å². The molecule has 0 saturated heterocycles. The smallest absolute Gasteiger partial charge is 0.0406 e. The van der Waals surface area contributed by atoms with Crippen LogP contribution in [0.2, 0.25) is 5.02 Å². The van der Waals surface area contributed by atoms with E-state index in [0.29, 0.717) is 12.1 Å². The molecule has 2 nitrogen and oxygen atoms in total. The van der Waals surface area contributed by atoms with E-state index in [1.54, 1.807) is 6.26 Å². The van der Waals surface area contributed by atoms with Crippen LogP contribution in [0, 0.1) is 5.92 Å². The van der Waals surface area contributed by atoms with Crippen LogP contribution in [0.25, 0.3) is 0 Å². The summed E-state index contributed by atoms with van der Waals surface area (Å²) in [5, 5.41) is 4.48.